The summed E-state index contributed by atoms with van der Waals surface area (Å²) < 4.78 is 5.41. The number of halogens is 2. The van der Waals surface area contributed by atoms with Crippen molar-refractivity contribution in [1.29, 1.82) is 0 Å². The van der Waals surface area contributed by atoms with Gasteiger partial charge < -0.3 is 15.6 Å². The van der Waals surface area contributed by atoms with Crippen molar-refractivity contribution in [3.8, 4) is 0 Å². The predicted molar refractivity (Wildman–Crippen MR) is 73.1 cm³/mol. The van der Waals surface area contributed by atoms with Crippen LogP contribution in [0, 0.1) is 0 Å². The van der Waals surface area contributed by atoms with Crippen LogP contribution in [0.4, 0.5) is 0 Å². The molecule has 0 atom stereocenters. The van der Waals surface area contributed by atoms with Crippen LogP contribution in [0.3, 0.4) is 0 Å². The lowest BCUT2D eigenvalue weighted by molar-refractivity contribution is -0.0472. The van der Waals surface area contributed by atoms with Crippen molar-refractivity contribution in [2.45, 2.75) is 37.3 Å². The molecule has 3 N–H and O–H groups in total. The summed E-state index contributed by atoms with van der Waals surface area (Å²) in [5.41, 5.74) is 6.10. The topological polar surface area (TPSA) is 58.7 Å². The smallest absolute Gasteiger partial charge is 0.0564 e. The van der Waals surface area contributed by atoms with Gasteiger partial charge in [-0.2, -0.15) is 0 Å². The first kappa shape index (κ1) is 17.4. The summed E-state index contributed by atoms with van der Waals surface area (Å²) in [6.07, 6.45) is 3.76. The monoisotopic (exact) mass is 286 g/mol. The molecule has 2 rings (SSSR count). The van der Waals surface area contributed by atoms with E-state index in [1.54, 1.807) is 0 Å². The molecular weight excluding hydrogens is 263 g/mol. The van der Waals surface area contributed by atoms with E-state index in [-0.39, 0.29) is 36.5 Å². The van der Waals surface area contributed by atoms with Crippen molar-refractivity contribution in [2.24, 2.45) is 5.73 Å². The molecule has 6 heteroatoms. The molecule has 104 valence electrons. The number of hydrogen-bond donors (Lipinski definition) is 2. The zero-order valence-electron chi connectivity index (χ0n) is 10.1. The van der Waals surface area contributed by atoms with E-state index >= 15 is 0 Å². The van der Waals surface area contributed by atoms with Gasteiger partial charge in [-0.05, 0) is 25.7 Å². The van der Waals surface area contributed by atoms with Gasteiger partial charge in [-0.1, -0.05) is 0 Å². The molecule has 2 saturated heterocycles. The number of nitrogens with zero attached hydrogens (tertiary/aromatic N) is 1. The van der Waals surface area contributed by atoms with Crippen molar-refractivity contribution in [2.75, 3.05) is 32.8 Å². The first-order chi connectivity index (χ1) is 7.27. The molecular formula is C11H24Cl2N2O2. The Bertz CT molecular complexity index is 206. The van der Waals surface area contributed by atoms with Crippen molar-refractivity contribution in [3.63, 3.8) is 0 Å². The molecule has 2 fully saturated rings. The van der Waals surface area contributed by atoms with E-state index < -0.39 is 0 Å². The number of rotatable bonds is 2. The van der Waals surface area contributed by atoms with Crippen LogP contribution in [0.25, 0.3) is 0 Å². The standard InChI is InChI=1S/C11H22N2O2.2ClH/c12-9-11(3-7-15-8-4-11)13-5-1-10(14)2-6-13;;/h10,14H,1-9,12H2;2*1H. The Morgan fingerprint density at radius 1 is 1.18 bits per heavy atom. The summed E-state index contributed by atoms with van der Waals surface area (Å²) in [7, 11) is 0. The van der Waals surface area contributed by atoms with E-state index in [1.165, 1.54) is 0 Å². The average Bonchev–Trinajstić information content (AvgIpc) is 2.31. The molecule has 0 radical (unpaired) electrons. The molecule has 0 bridgehead atoms. The van der Waals surface area contributed by atoms with Crippen LogP contribution in [0.15, 0.2) is 0 Å². The van der Waals surface area contributed by atoms with Gasteiger partial charge in [0, 0.05) is 38.4 Å². The van der Waals surface area contributed by atoms with E-state index in [1.807, 2.05) is 0 Å². The molecule has 0 amide bonds. The van der Waals surface area contributed by atoms with Crippen LogP contribution in [-0.2, 0) is 4.74 Å². The lowest BCUT2D eigenvalue weighted by Gasteiger charge is -2.48. The molecule has 2 heterocycles. The van der Waals surface area contributed by atoms with Crippen molar-refractivity contribution < 1.29 is 9.84 Å². The molecule has 0 saturated carbocycles. The Hall–Kier alpha value is 0.420. The third-order valence-corrected chi connectivity index (χ3v) is 3.94. The summed E-state index contributed by atoms with van der Waals surface area (Å²) in [6.45, 7) is 4.34. The number of aliphatic hydroxyl groups is 1. The molecule has 0 aromatic rings. The number of likely N-dealkylation sites (tertiary alicyclic amines) is 1. The minimum Gasteiger partial charge on any atom is -0.393 e. The largest absolute Gasteiger partial charge is 0.393 e. The summed E-state index contributed by atoms with van der Waals surface area (Å²) >= 11 is 0. The number of piperidine rings is 1. The van der Waals surface area contributed by atoms with Crippen LogP contribution in [0.1, 0.15) is 25.7 Å². The van der Waals surface area contributed by atoms with E-state index in [2.05, 4.69) is 4.90 Å². The van der Waals surface area contributed by atoms with Gasteiger partial charge in [-0.15, -0.1) is 24.8 Å². The summed E-state index contributed by atoms with van der Waals surface area (Å²) in [6, 6.07) is 0. The van der Waals surface area contributed by atoms with Gasteiger partial charge in [0.05, 0.1) is 6.10 Å². The van der Waals surface area contributed by atoms with Gasteiger partial charge in [0.15, 0.2) is 0 Å². The van der Waals surface area contributed by atoms with E-state index in [9.17, 15) is 5.11 Å². The second kappa shape index (κ2) is 7.77. The van der Waals surface area contributed by atoms with Crippen LogP contribution in [0.2, 0.25) is 0 Å². The molecule has 0 spiro atoms. The Morgan fingerprint density at radius 3 is 2.18 bits per heavy atom. The molecule has 0 aromatic heterocycles. The maximum absolute atomic E-state index is 9.50. The van der Waals surface area contributed by atoms with Crippen LogP contribution in [-0.4, -0.2) is 54.5 Å². The van der Waals surface area contributed by atoms with Gasteiger partial charge in [-0.25, -0.2) is 0 Å². The highest BCUT2D eigenvalue weighted by atomic mass is 35.5. The average molecular weight is 287 g/mol. The van der Waals surface area contributed by atoms with Crippen molar-refractivity contribution in [1.82, 2.24) is 4.90 Å². The summed E-state index contributed by atoms with van der Waals surface area (Å²) in [4.78, 5) is 2.47. The molecule has 2 aliphatic heterocycles. The number of hydrogen-bond acceptors (Lipinski definition) is 4. The second-order valence-electron chi connectivity index (χ2n) is 4.76. The second-order valence-corrected chi connectivity index (χ2v) is 4.76. The summed E-state index contributed by atoms with van der Waals surface area (Å²) in [5.74, 6) is 0. The maximum atomic E-state index is 9.50. The zero-order chi connectivity index (χ0) is 10.7. The normalized spacial score (nSPS) is 25.8. The summed E-state index contributed by atoms with van der Waals surface area (Å²) in [5, 5.41) is 9.50. The minimum atomic E-state index is -0.101. The number of aliphatic hydroxyl groups excluding tert-OH is 1. The van der Waals surface area contributed by atoms with E-state index in [4.69, 9.17) is 10.5 Å². The quantitative estimate of drug-likeness (QED) is 0.788. The molecule has 0 unspecified atom stereocenters. The SMILES string of the molecule is Cl.Cl.NCC1(N2CCC(O)CC2)CCOCC1. The van der Waals surface area contributed by atoms with E-state index in [0.717, 1.165) is 52.0 Å². The maximum Gasteiger partial charge on any atom is 0.0564 e. The van der Waals surface area contributed by atoms with Crippen LogP contribution in [0.5, 0.6) is 0 Å². The Morgan fingerprint density at radius 2 is 1.71 bits per heavy atom. The molecule has 2 aliphatic rings. The highest BCUT2D eigenvalue weighted by Crippen LogP contribution is 2.29. The fraction of sp³-hybridized carbons (Fsp3) is 1.00. The van der Waals surface area contributed by atoms with Gasteiger partial charge in [0.1, 0.15) is 0 Å². The molecule has 17 heavy (non-hydrogen) atoms. The minimum absolute atomic E-state index is 0. The zero-order valence-corrected chi connectivity index (χ0v) is 11.8. The van der Waals surface area contributed by atoms with Crippen LogP contribution < -0.4 is 5.73 Å². The first-order valence-electron chi connectivity index (χ1n) is 5.98. The van der Waals surface area contributed by atoms with Gasteiger partial charge in [0.25, 0.3) is 0 Å². The van der Waals surface area contributed by atoms with E-state index in [0.29, 0.717) is 6.54 Å². The van der Waals surface area contributed by atoms with Crippen LogP contribution >= 0.6 is 24.8 Å². The molecule has 0 aliphatic carbocycles. The molecule has 0 aromatic carbocycles. The highest BCUT2D eigenvalue weighted by molar-refractivity contribution is 5.85. The van der Waals surface area contributed by atoms with Gasteiger partial charge >= 0.3 is 0 Å². The first-order valence-corrected chi connectivity index (χ1v) is 5.98. The Kier molecular flexibility index (Phi) is 7.96. The lowest BCUT2D eigenvalue weighted by atomic mass is 9.86. The fourth-order valence-corrected chi connectivity index (χ4v) is 2.74. The fourth-order valence-electron chi connectivity index (χ4n) is 2.74. The third kappa shape index (κ3) is 3.94. The predicted octanol–water partition coefficient (Wildman–Crippen LogP) is 0.795. The lowest BCUT2D eigenvalue weighted by Crippen LogP contribution is -2.59. The third-order valence-electron chi connectivity index (χ3n) is 3.94. The van der Waals surface area contributed by atoms with Crippen molar-refractivity contribution >= 4 is 24.8 Å². The van der Waals surface area contributed by atoms with Gasteiger partial charge in [-0.3, -0.25) is 4.90 Å². The number of ether oxygens (including phenoxy) is 1. The van der Waals surface area contributed by atoms with Gasteiger partial charge in [0.2, 0.25) is 0 Å². The highest BCUT2D eigenvalue weighted by Gasteiger charge is 2.38. The number of nitrogens with two attached hydrogens (primary N) is 1. The molecule has 4 nitrogen and oxygen atoms in total. The Labute approximate surface area is 116 Å². The Balaban J connectivity index is 0.00000128. The van der Waals surface area contributed by atoms with Crippen molar-refractivity contribution in [3.05, 3.63) is 0 Å².